The van der Waals surface area contributed by atoms with E-state index in [1.165, 1.54) is 0 Å². The van der Waals surface area contributed by atoms with Crippen LogP contribution in [-0.2, 0) is 89.5 Å². The van der Waals surface area contributed by atoms with Crippen LogP contribution in [-0.4, -0.2) is 5.48 Å². The minimum atomic E-state index is 0. The Bertz CT molecular complexity index is 3.61. The van der Waals surface area contributed by atoms with Crippen molar-refractivity contribution in [2.45, 2.75) is 0 Å². The molecule has 0 aliphatic carbocycles. The molecule has 5 heavy (non-hydrogen) atoms. The van der Waals surface area contributed by atoms with E-state index in [1.807, 2.05) is 0 Å². The molecule has 0 amide bonds. The second kappa shape index (κ2) is 28.4. The van der Waals surface area contributed by atoms with Crippen LogP contribution in [0.4, 0.5) is 0 Å². The predicted octanol–water partition coefficient (Wildman–Crippen LogP) is -0.835. The van der Waals surface area contributed by atoms with Crippen molar-refractivity contribution in [1.82, 2.24) is 0 Å². The zero-order chi connectivity index (χ0) is 0. The van der Waals surface area contributed by atoms with Crippen LogP contribution < -0.4 is 0 Å². The van der Waals surface area contributed by atoms with Gasteiger partial charge in [0.15, 0.2) is 0 Å². The van der Waals surface area contributed by atoms with Gasteiger partial charge in [0.1, 0.15) is 0 Å². The summed E-state index contributed by atoms with van der Waals surface area (Å²) in [6.07, 6.45) is 0. The van der Waals surface area contributed by atoms with Crippen molar-refractivity contribution in [2.24, 2.45) is 0 Å². The van der Waals surface area contributed by atoms with Crippen LogP contribution in [0.15, 0.2) is 0 Å². The molecule has 0 aliphatic heterocycles. The summed E-state index contributed by atoms with van der Waals surface area (Å²) < 4.78 is 0. The molecular formula is H2Au4O. The van der Waals surface area contributed by atoms with Crippen molar-refractivity contribution >= 4 is 0 Å². The summed E-state index contributed by atoms with van der Waals surface area (Å²) in [5.74, 6) is 0. The Balaban J connectivity index is 0. The van der Waals surface area contributed by atoms with Crippen LogP contribution in [0, 0.1) is 0 Å². The third kappa shape index (κ3) is 19.6. The summed E-state index contributed by atoms with van der Waals surface area (Å²) in [4.78, 5) is 0. The van der Waals surface area contributed by atoms with E-state index in [9.17, 15) is 0 Å². The van der Waals surface area contributed by atoms with Crippen LogP contribution in [0.2, 0.25) is 0 Å². The van der Waals surface area contributed by atoms with Crippen LogP contribution >= 0.6 is 0 Å². The molecule has 0 spiro atoms. The fourth-order valence-corrected chi connectivity index (χ4v) is 0. The van der Waals surface area contributed by atoms with E-state index >= 15 is 0 Å². The second-order valence-electron chi connectivity index (χ2n) is 0. The van der Waals surface area contributed by atoms with Crippen molar-refractivity contribution in [3.8, 4) is 0 Å². The number of rotatable bonds is 0. The van der Waals surface area contributed by atoms with E-state index in [4.69, 9.17) is 0 Å². The maximum Gasteiger partial charge on any atom is 0 e. The summed E-state index contributed by atoms with van der Waals surface area (Å²) in [6, 6.07) is 0. The summed E-state index contributed by atoms with van der Waals surface area (Å²) in [6.45, 7) is 0. The van der Waals surface area contributed by atoms with Gasteiger partial charge in [-0.15, -0.1) is 0 Å². The van der Waals surface area contributed by atoms with Gasteiger partial charge < -0.3 is 5.48 Å². The van der Waals surface area contributed by atoms with Crippen molar-refractivity contribution in [3.05, 3.63) is 0 Å². The Morgan fingerprint density at radius 1 is 0.400 bits per heavy atom. The molecule has 0 heterocycles. The van der Waals surface area contributed by atoms with Gasteiger partial charge in [-0.05, 0) is 0 Å². The molecule has 1 nitrogen and oxygen atoms in total. The summed E-state index contributed by atoms with van der Waals surface area (Å²) in [5, 5.41) is 0. The molecule has 0 aromatic rings. The maximum absolute atomic E-state index is 0. The first-order valence-electron chi connectivity index (χ1n) is 0. The average Bonchev–Trinajstić information content (AvgIpc) is 0. The van der Waals surface area contributed by atoms with E-state index < -0.39 is 0 Å². The van der Waals surface area contributed by atoms with E-state index in [0.717, 1.165) is 0 Å². The Morgan fingerprint density at radius 3 is 0.400 bits per heavy atom. The number of hydrogen-bond acceptors (Lipinski definition) is 0. The summed E-state index contributed by atoms with van der Waals surface area (Å²) >= 11 is 0. The van der Waals surface area contributed by atoms with Gasteiger partial charge in [-0.2, -0.15) is 0 Å². The molecule has 0 fully saturated rings. The minimum Gasteiger partial charge on any atom is -0.412 e. The van der Waals surface area contributed by atoms with Gasteiger partial charge >= 0.3 is 0 Å². The van der Waals surface area contributed by atoms with Gasteiger partial charge in [-0.3, -0.25) is 0 Å². The molecule has 0 saturated heterocycles. The Morgan fingerprint density at radius 2 is 0.400 bits per heavy atom. The fraction of sp³-hybridized carbons (Fsp3) is 0. The van der Waals surface area contributed by atoms with Gasteiger partial charge in [0, 0.05) is 89.5 Å². The van der Waals surface area contributed by atoms with E-state index in [1.54, 1.807) is 0 Å². The topological polar surface area (TPSA) is 31.5 Å². The van der Waals surface area contributed by atoms with E-state index in [-0.39, 0.29) is 95.0 Å². The average molecular weight is 806 g/mol. The molecule has 5 heteroatoms. The second-order valence-corrected chi connectivity index (χ2v) is 0. The largest absolute Gasteiger partial charge is 0.412 e. The summed E-state index contributed by atoms with van der Waals surface area (Å²) in [5.41, 5.74) is 0. The molecule has 0 bridgehead atoms. The number of hydrogen-bond donors (Lipinski definition) is 0. The zero-order valence-electron chi connectivity index (χ0n) is 1.71. The molecule has 0 aromatic heterocycles. The van der Waals surface area contributed by atoms with E-state index in [2.05, 4.69) is 0 Å². The van der Waals surface area contributed by atoms with Crippen LogP contribution in [0.25, 0.3) is 0 Å². The summed E-state index contributed by atoms with van der Waals surface area (Å²) in [7, 11) is 0. The van der Waals surface area contributed by atoms with Crippen molar-refractivity contribution < 1.29 is 95.0 Å². The molecule has 0 aromatic carbocycles. The van der Waals surface area contributed by atoms with E-state index in [0.29, 0.717) is 0 Å². The molecule has 0 atom stereocenters. The Hall–Kier alpha value is 2.92. The first kappa shape index (κ1) is 44.5. The first-order valence-corrected chi connectivity index (χ1v) is 0. The normalized spacial score (nSPS) is 0. The molecule has 52 valence electrons. The zero-order valence-corrected chi connectivity index (χ0v) is 10.4. The third-order valence-electron chi connectivity index (χ3n) is 0. The standard InChI is InChI=1S/4Au.H2O/h;;;;1H2. The Labute approximate surface area is 93.4 Å². The van der Waals surface area contributed by atoms with Gasteiger partial charge in [-0.1, -0.05) is 0 Å². The predicted molar refractivity (Wildman–Crippen MR) is 3.61 cm³/mol. The van der Waals surface area contributed by atoms with Gasteiger partial charge in [0.2, 0.25) is 0 Å². The third-order valence-corrected chi connectivity index (χ3v) is 0. The minimum absolute atomic E-state index is 0. The molecular weight excluding hydrogens is 804 g/mol. The Kier molecular flexibility index (Phi) is 253. The van der Waals surface area contributed by atoms with Gasteiger partial charge in [0.05, 0.1) is 0 Å². The first-order chi connectivity index (χ1) is 0. The molecule has 0 unspecified atom stereocenters. The van der Waals surface area contributed by atoms with Crippen molar-refractivity contribution in [1.29, 1.82) is 0 Å². The molecule has 2 N–H and O–H groups in total. The van der Waals surface area contributed by atoms with Gasteiger partial charge in [0.25, 0.3) is 0 Å². The van der Waals surface area contributed by atoms with Crippen molar-refractivity contribution in [3.63, 3.8) is 0 Å². The SMILES string of the molecule is O.[Au].[Au].[Au].[Au]. The monoisotopic (exact) mass is 806 g/mol. The van der Waals surface area contributed by atoms with Gasteiger partial charge in [-0.25, -0.2) is 0 Å². The van der Waals surface area contributed by atoms with Crippen molar-refractivity contribution in [2.75, 3.05) is 0 Å². The fourth-order valence-electron chi connectivity index (χ4n) is 0. The quantitative estimate of drug-likeness (QED) is 0.287. The molecule has 0 rings (SSSR count). The maximum atomic E-state index is 0. The molecule has 0 saturated carbocycles. The van der Waals surface area contributed by atoms with Crippen LogP contribution in [0.3, 0.4) is 0 Å². The molecule has 4 radical (unpaired) electrons. The van der Waals surface area contributed by atoms with Crippen LogP contribution in [0.5, 0.6) is 0 Å². The molecule has 0 aliphatic rings. The van der Waals surface area contributed by atoms with Crippen LogP contribution in [0.1, 0.15) is 0 Å². The smallest absolute Gasteiger partial charge is 0 e.